The molecule has 0 unspecified atom stereocenters. The van der Waals surface area contributed by atoms with E-state index in [-0.39, 0.29) is 0 Å². The van der Waals surface area contributed by atoms with Crippen LogP contribution in [0.4, 0.5) is 18.9 Å². The molecule has 3 aromatic carbocycles. The largest absolute Gasteiger partial charge is 0.496 e. The Bertz CT molecular complexity index is 1010. The van der Waals surface area contributed by atoms with Gasteiger partial charge in [0.1, 0.15) is 11.6 Å². The molecule has 0 spiro atoms. The first-order chi connectivity index (χ1) is 12.9. The van der Waals surface area contributed by atoms with E-state index in [1.165, 1.54) is 7.11 Å². The number of benzene rings is 3. The maximum atomic E-state index is 13.7. The monoisotopic (exact) mass is 391 g/mol. The number of rotatable bonds is 4. The third kappa shape index (κ3) is 4.06. The lowest BCUT2D eigenvalue weighted by Crippen LogP contribution is -2.14. The summed E-state index contributed by atoms with van der Waals surface area (Å²) in [6.45, 7) is 0. The van der Waals surface area contributed by atoms with Gasteiger partial charge in [-0.2, -0.15) is 0 Å². The number of carbonyl (C=O) groups is 1. The van der Waals surface area contributed by atoms with Crippen molar-refractivity contribution in [2.24, 2.45) is 0 Å². The van der Waals surface area contributed by atoms with Crippen LogP contribution in [0, 0.1) is 17.5 Å². The summed E-state index contributed by atoms with van der Waals surface area (Å²) in [5, 5.41) is 2.98. The number of methoxy groups -OCH3 is 1. The number of hydrogen-bond donors (Lipinski definition) is 1. The first kappa shape index (κ1) is 18.8. The van der Waals surface area contributed by atoms with Crippen molar-refractivity contribution < 1.29 is 22.7 Å². The molecule has 0 bridgehead atoms. The Morgan fingerprint density at radius 3 is 2.26 bits per heavy atom. The highest BCUT2D eigenvalue weighted by atomic mass is 35.5. The van der Waals surface area contributed by atoms with Crippen LogP contribution in [0.5, 0.6) is 5.75 Å². The van der Waals surface area contributed by atoms with E-state index >= 15 is 0 Å². The van der Waals surface area contributed by atoms with Crippen LogP contribution in [0.3, 0.4) is 0 Å². The average molecular weight is 392 g/mol. The number of ether oxygens (including phenoxy) is 1. The van der Waals surface area contributed by atoms with E-state index in [1.807, 2.05) is 0 Å². The summed E-state index contributed by atoms with van der Waals surface area (Å²) >= 11 is 6.02. The highest BCUT2D eigenvalue weighted by Gasteiger charge is 2.16. The van der Waals surface area contributed by atoms with E-state index in [2.05, 4.69) is 5.32 Å². The number of hydrogen-bond acceptors (Lipinski definition) is 2. The van der Waals surface area contributed by atoms with Gasteiger partial charge in [0, 0.05) is 22.3 Å². The molecule has 0 aliphatic rings. The van der Waals surface area contributed by atoms with Crippen LogP contribution < -0.4 is 10.1 Å². The number of amides is 1. The summed E-state index contributed by atoms with van der Waals surface area (Å²) in [6.07, 6.45) is 0. The van der Waals surface area contributed by atoms with E-state index in [4.69, 9.17) is 16.3 Å². The number of carbonyl (C=O) groups excluding carboxylic acids is 1. The molecule has 0 fully saturated rings. The molecule has 1 N–H and O–H groups in total. The van der Waals surface area contributed by atoms with E-state index in [0.29, 0.717) is 28.6 Å². The molecule has 3 rings (SSSR count). The summed E-state index contributed by atoms with van der Waals surface area (Å²) in [5.41, 5.74) is 1.31. The molecule has 27 heavy (non-hydrogen) atoms. The van der Waals surface area contributed by atoms with Crippen molar-refractivity contribution in [3.8, 4) is 16.9 Å². The fraction of sp³-hybridized carbons (Fsp3) is 0.0500. The first-order valence-electron chi connectivity index (χ1n) is 7.79. The standard InChI is InChI=1S/C20H13ClF3NO2/c1-27-19-7-4-12(21)8-14(19)11-2-5-13(6-3-11)25-20(26)15-9-17(23)18(24)10-16(15)22/h2-10H,1H3,(H,25,26). The molecule has 1 amide bonds. The Morgan fingerprint density at radius 1 is 0.926 bits per heavy atom. The smallest absolute Gasteiger partial charge is 0.258 e. The molecule has 0 saturated heterocycles. The highest BCUT2D eigenvalue weighted by Crippen LogP contribution is 2.33. The fourth-order valence-corrected chi connectivity index (χ4v) is 2.71. The van der Waals surface area contributed by atoms with Gasteiger partial charge in [-0.05, 0) is 42.0 Å². The van der Waals surface area contributed by atoms with Gasteiger partial charge in [0.2, 0.25) is 0 Å². The van der Waals surface area contributed by atoms with Gasteiger partial charge < -0.3 is 10.1 Å². The molecular weight excluding hydrogens is 379 g/mol. The van der Waals surface area contributed by atoms with Crippen molar-refractivity contribution in [3.63, 3.8) is 0 Å². The first-order valence-corrected chi connectivity index (χ1v) is 8.16. The third-order valence-electron chi connectivity index (χ3n) is 3.87. The van der Waals surface area contributed by atoms with E-state index in [9.17, 15) is 18.0 Å². The summed E-state index contributed by atoms with van der Waals surface area (Å²) in [5.74, 6) is -4.07. The Kier molecular flexibility index (Phi) is 5.37. The summed E-state index contributed by atoms with van der Waals surface area (Å²) in [4.78, 5) is 12.1. The van der Waals surface area contributed by atoms with Crippen molar-refractivity contribution >= 4 is 23.2 Å². The van der Waals surface area contributed by atoms with Crippen LogP contribution in [-0.2, 0) is 0 Å². The average Bonchev–Trinajstić information content (AvgIpc) is 2.65. The Morgan fingerprint density at radius 2 is 1.59 bits per heavy atom. The zero-order chi connectivity index (χ0) is 19.6. The molecule has 0 saturated carbocycles. The van der Waals surface area contributed by atoms with Gasteiger partial charge in [0.05, 0.1) is 12.7 Å². The second kappa shape index (κ2) is 7.72. The van der Waals surface area contributed by atoms with E-state index < -0.39 is 28.9 Å². The van der Waals surface area contributed by atoms with Crippen LogP contribution in [0.1, 0.15) is 10.4 Å². The van der Waals surface area contributed by atoms with Crippen LogP contribution in [0.25, 0.3) is 11.1 Å². The molecule has 0 aliphatic heterocycles. The molecule has 0 atom stereocenters. The van der Waals surface area contributed by atoms with Crippen molar-refractivity contribution in [2.45, 2.75) is 0 Å². The van der Waals surface area contributed by atoms with Crippen molar-refractivity contribution in [1.82, 2.24) is 0 Å². The quantitative estimate of drug-likeness (QED) is 0.580. The maximum absolute atomic E-state index is 13.7. The zero-order valence-corrected chi connectivity index (χ0v) is 14.8. The third-order valence-corrected chi connectivity index (χ3v) is 4.10. The molecule has 3 nitrogen and oxygen atoms in total. The predicted molar refractivity (Wildman–Crippen MR) is 97.7 cm³/mol. The zero-order valence-electron chi connectivity index (χ0n) is 14.0. The predicted octanol–water partition coefficient (Wildman–Crippen LogP) is 5.69. The molecular formula is C20H13ClF3NO2. The summed E-state index contributed by atoms with van der Waals surface area (Å²) < 4.78 is 45.2. The normalized spacial score (nSPS) is 10.6. The van der Waals surface area contributed by atoms with Gasteiger partial charge in [-0.25, -0.2) is 13.2 Å². The molecule has 138 valence electrons. The number of anilines is 1. The second-order valence-electron chi connectivity index (χ2n) is 5.62. The second-order valence-corrected chi connectivity index (χ2v) is 6.06. The van der Waals surface area contributed by atoms with E-state index in [1.54, 1.807) is 42.5 Å². The number of nitrogens with one attached hydrogen (secondary N) is 1. The summed E-state index contributed by atoms with van der Waals surface area (Å²) in [6, 6.07) is 12.6. The minimum Gasteiger partial charge on any atom is -0.496 e. The van der Waals surface area contributed by atoms with Crippen molar-refractivity contribution in [3.05, 3.63) is 82.6 Å². The molecule has 3 aromatic rings. The molecule has 7 heteroatoms. The lowest BCUT2D eigenvalue weighted by molar-refractivity contribution is 0.102. The molecule has 0 aliphatic carbocycles. The summed E-state index contributed by atoms with van der Waals surface area (Å²) in [7, 11) is 1.54. The van der Waals surface area contributed by atoms with Crippen LogP contribution in [-0.4, -0.2) is 13.0 Å². The van der Waals surface area contributed by atoms with Gasteiger partial charge in [-0.1, -0.05) is 23.7 Å². The minimum absolute atomic E-state index is 0.332. The lowest BCUT2D eigenvalue weighted by atomic mass is 10.0. The molecule has 0 aromatic heterocycles. The SMILES string of the molecule is COc1ccc(Cl)cc1-c1ccc(NC(=O)c2cc(F)c(F)cc2F)cc1. The Hall–Kier alpha value is -2.99. The fourth-order valence-electron chi connectivity index (χ4n) is 2.53. The topological polar surface area (TPSA) is 38.3 Å². The van der Waals surface area contributed by atoms with Gasteiger partial charge in [-0.15, -0.1) is 0 Å². The van der Waals surface area contributed by atoms with Crippen LogP contribution in [0.2, 0.25) is 5.02 Å². The lowest BCUT2D eigenvalue weighted by Gasteiger charge is -2.11. The van der Waals surface area contributed by atoms with E-state index in [0.717, 1.165) is 11.1 Å². The maximum Gasteiger partial charge on any atom is 0.258 e. The van der Waals surface area contributed by atoms with Gasteiger partial charge in [-0.3, -0.25) is 4.79 Å². The van der Waals surface area contributed by atoms with Crippen molar-refractivity contribution in [1.29, 1.82) is 0 Å². The van der Waals surface area contributed by atoms with Gasteiger partial charge in [0.15, 0.2) is 11.6 Å². The van der Waals surface area contributed by atoms with Crippen LogP contribution in [0.15, 0.2) is 54.6 Å². The Balaban J connectivity index is 1.84. The van der Waals surface area contributed by atoms with Crippen molar-refractivity contribution in [2.75, 3.05) is 12.4 Å². The number of halogens is 4. The minimum atomic E-state index is -1.36. The molecule has 0 radical (unpaired) electrons. The van der Waals surface area contributed by atoms with Crippen LogP contribution >= 0.6 is 11.6 Å². The van der Waals surface area contributed by atoms with Gasteiger partial charge >= 0.3 is 0 Å². The highest BCUT2D eigenvalue weighted by molar-refractivity contribution is 6.31. The molecule has 0 heterocycles. The Labute approximate surface area is 158 Å². The van der Waals surface area contributed by atoms with Gasteiger partial charge in [0.25, 0.3) is 5.91 Å².